The number of para-hydroxylation sites is 1. The average molecular weight is 274 g/mol. The molecule has 0 bridgehead atoms. The van der Waals surface area contributed by atoms with Gasteiger partial charge in [-0.05, 0) is 6.07 Å². The molecule has 0 atom stereocenters. The van der Waals surface area contributed by atoms with E-state index < -0.39 is 6.61 Å². The summed E-state index contributed by atoms with van der Waals surface area (Å²) in [7, 11) is 0. The molecule has 0 spiro atoms. The van der Waals surface area contributed by atoms with E-state index in [9.17, 15) is 8.78 Å². The normalized spacial score (nSPS) is 10.9. The molecule has 1 heterocycles. The van der Waals surface area contributed by atoms with Crippen LogP contribution in [0.15, 0.2) is 30.5 Å². The molecule has 0 amide bonds. The van der Waals surface area contributed by atoms with Gasteiger partial charge >= 0.3 is 6.61 Å². The van der Waals surface area contributed by atoms with Crippen molar-refractivity contribution in [2.24, 2.45) is 0 Å². The van der Waals surface area contributed by atoms with Crippen molar-refractivity contribution >= 4 is 17.4 Å². The van der Waals surface area contributed by atoms with Gasteiger partial charge in [-0.15, -0.1) is 0 Å². The number of anilines is 1. The van der Waals surface area contributed by atoms with Crippen molar-refractivity contribution in [3.63, 3.8) is 0 Å². The summed E-state index contributed by atoms with van der Waals surface area (Å²) in [6.07, 6.45) is 1.40. The Morgan fingerprint density at radius 3 is 2.72 bits per heavy atom. The predicted octanol–water partition coefficient (Wildman–Crippen LogP) is 2.77. The molecule has 1 aromatic carbocycles. The lowest BCUT2D eigenvalue weighted by Gasteiger charge is -2.11. The van der Waals surface area contributed by atoms with E-state index in [0.717, 1.165) is 0 Å². The number of nitrogens with zero attached hydrogens (tertiary/aromatic N) is 2. The molecule has 0 aliphatic carbocycles. The number of benzene rings is 1. The maximum atomic E-state index is 12.2. The van der Waals surface area contributed by atoms with Crippen LogP contribution >= 0.6 is 11.6 Å². The Hall–Kier alpha value is -1.82. The second-order valence-electron chi connectivity index (χ2n) is 3.52. The molecule has 2 N–H and O–H groups in total. The van der Waals surface area contributed by atoms with E-state index in [0.29, 0.717) is 10.6 Å². The van der Waals surface area contributed by atoms with Gasteiger partial charge in [0.15, 0.2) is 0 Å². The van der Waals surface area contributed by atoms with Crippen LogP contribution in [-0.2, 0) is 6.54 Å². The van der Waals surface area contributed by atoms with Gasteiger partial charge < -0.3 is 10.5 Å². The molecule has 0 unspecified atom stereocenters. The zero-order chi connectivity index (χ0) is 13.1. The average Bonchev–Trinajstić information content (AvgIpc) is 2.63. The molecule has 18 heavy (non-hydrogen) atoms. The summed E-state index contributed by atoms with van der Waals surface area (Å²) in [5, 5.41) is 4.27. The minimum atomic E-state index is -2.87. The van der Waals surface area contributed by atoms with Crippen molar-refractivity contribution < 1.29 is 13.5 Å². The van der Waals surface area contributed by atoms with Gasteiger partial charge in [-0.3, -0.25) is 0 Å². The third kappa shape index (κ3) is 2.70. The maximum Gasteiger partial charge on any atom is 0.387 e. The molecule has 0 aliphatic rings. The Morgan fingerprint density at radius 2 is 2.11 bits per heavy atom. The number of hydrogen-bond donors (Lipinski definition) is 1. The fraction of sp³-hybridized carbons (Fsp3) is 0.182. The molecular formula is C11H10ClF2N3O. The van der Waals surface area contributed by atoms with Crippen LogP contribution in [0.3, 0.4) is 0 Å². The first-order chi connectivity index (χ1) is 8.58. The molecule has 2 aromatic rings. The van der Waals surface area contributed by atoms with Crippen molar-refractivity contribution in [1.29, 1.82) is 0 Å². The molecule has 96 valence electrons. The lowest BCUT2D eigenvalue weighted by atomic mass is 10.2. The number of aromatic nitrogens is 2. The van der Waals surface area contributed by atoms with E-state index >= 15 is 0 Å². The smallest absolute Gasteiger partial charge is 0.387 e. The van der Waals surface area contributed by atoms with Gasteiger partial charge in [-0.2, -0.15) is 13.9 Å². The Bertz CT molecular complexity index is 545. The van der Waals surface area contributed by atoms with E-state index in [-0.39, 0.29) is 18.1 Å². The fourth-order valence-electron chi connectivity index (χ4n) is 1.50. The summed E-state index contributed by atoms with van der Waals surface area (Å²) < 4.78 is 30.3. The number of nitrogens with two attached hydrogens (primary N) is 1. The molecular weight excluding hydrogens is 264 g/mol. The molecule has 0 radical (unpaired) electrons. The van der Waals surface area contributed by atoms with E-state index in [1.807, 2.05) is 0 Å². The van der Waals surface area contributed by atoms with Crippen molar-refractivity contribution in [3.05, 3.63) is 41.0 Å². The van der Waals surface area contributed by atoms with Crippen molar-refractivity contribution in [2.45, 2.75) is 13.2 Å². The topological polar surface area (TPSA) is 53.1 Å². The van der Waals surface area contributed by atoms with Crippen LogP contribution in [0.4, 0.5) is 14.6 Å². The minimum Gasteiger partial charge on any atom is -0.434 e. The predicted molar refractivity (Wildman–Crippen MR) is 63.8 cm³/mol. The van der Waals surface area contributed by atoms with Crippen molar-refractivity contribution in [1.82, 2.24) is 9.78 Å². The van der Waals surface area contributed by atoms with E-state index in [4.69, 9.17) is 17.3 Å². The number of hydrogen-bond acceptors (Lipinski definition) is 3. The Balaban J connectivity index is 2.26. The van der Waals surface area contributed by atoms with Crippen LogP contribution in [0.1, 0.15) is 5.56 Å². The zero-order valence-electron chi connectivity index (χ0n) is 9.19. The van der Waals surface area contributed by atoms with Gasteiger partial charge in [0.1, 0.15) is 16.6 Å². The lowest BCUT2D eigenvalue weighted by molar-refractivity contribution is -0.0505. The van der Waals surface area contributed by atoms with E-state index in [2.05, 4.69) is 9.84 Å². The van der Waals surface area contributed by atoms with Gasteiger partial charge in [0.2, 0.25) is 0 Å². The third-order valence-corrected chi connectivity index (χ3v) is 2.63. The summed E-state index contributed by atoms with van der Waals surface area (Å²) in [5.74, 6) is 0.377. The van der Waals surface area contributed by atoms with E-state index in [1.165, 1.54) is 16.9 Å². The van der Waals surface area contributed by atoms with Crippen LogP contribution in [0.25, 0.3) is 0 Å². The molecule has 0 fully saturated rings. The van der Waals surface area contributed by atoms with Crippen molar-refractivity contribution in [2.75, 3.05) is 5.73 Å². The minimum absolute atomic E-state index is 0.0959. The highest BCUT2D eigenvalue weighted by atomic mass is 35.5. The van der Waals surface area contributed by atoms with Gasteiger partial charge in [-0.25, -0.2) is 4.68 Å². The Morgan fingerprint density at radius 1 is 1.39 bits per heavy atom. The molecule has 1 aromatic heterocycles. The summed E-state index contributed by atoms with van der Waals surface area (Å²) in [6, 6.07) is 6.45. The highest BCUT2D eigenvalue weighted by molar-refractivity contribution is 6.32. The van der Waals surface area contributed by atoms with E-state index in [1.54, 1.807) is 18.2 Å². The quantitative estimate of drug-likeness (QED) is 0.932. The van der Waals surface area contributed by atoms with Gasteiger partial charge in [0.05, 0.1) is 12.7 Å². The van der Waals surface area contributed by atoms with Crippen LogP contribution < -0.4 is 10.5 Å². The highest BCUT2D eigenvalue weighted by Gasteiger charge is 2.11. The van der Waals surface area contributed by atoms with Gasteiger partial charge in [-0.1, -0.05) is 29.8 Å². The molecule has 7 heteroatoms. The summed E-state index contributed by atoms with van der Waals surface area (Å²) in [5.41, 5.74) is 6.23. The third-order valence-electron chi connectivity index (χ3n) is 2.34. The number of ether oxygens (including phenoxy) is 1. The van der Waals surface area contributed by atoms with Crippen LogP contribution in [0.2, 0.25) is 5.02 Å². The van der Waals surface area contributed by atoms with Crippen LogP contribution in [-0.4, -0.2) is 16.4 Å². The molecule has 0 aliphatic heterocycles. The molecule has 4 nitrogen and oxygen atoms in total. The summed E-state index contributed by atoms with van der Waals surface area (Å²) in [6.45, 7) is -2.66. The second kappa shape index (κ2) is 5.22. The monoisotopic (exact) mass is 273 g/mol. The summed E-state index contributed by atoms with van der Waals surface area (Å²) in [4.78, 5) is 0. The van der Waals surface area contributed by atoms with Crippen LogP contribution in [0, 0.1) is 0 Å². The van der Waals surface area contributed by atoms with Crippen LogP contribution in [0.5, 0.6) is 5.75 Å². The Labute approximate surface area is 107 Å². The lowest BCUT2D eigenvalue weighted by Crippen LogP contribution is -2.09. The SMILES string of the molecule is Nc1c(Cl)cnn1Cc1ccccc1OC(F)F. The molecule has 2 rings (SSSR count). The number of nitrogen functional groups attached to an aromatic ring is 1. The van der Waals surface area contributed by atoms with Gasteiger partial charge in [0, 0.05) is 5.56 Å². The zero-order valence-corrected chi connectivity index (χ0v) is 9.94. The number of rotatable bonds is 4. The second-order valence-corrected chi connectivity index (χ2v) is 3.93. The van der Waals surface area contributed by atoms with Gasteiger partial charge in [0.25, 0.3) is 0 Å². The first-order valence-corrected chi connectivity index (χ1v) is 5.45. The highest BCUT2D eigenvalue weighted by Crippen LogP contribution is 2.24. The fourth-order valence-corrected chi connectivity index (χ4v) is 1.65. The first kappa shape index (κ1) is 12.6. The maximum absolute atomic E-state index is 12.2. The van der Waals surface area contributed by atoms with Crippen molar-refractivity contribution in [3.8, 4) is 5.75 Å². The number of halogens is 3. The molecule has 0 saturated carbocycles. The summed E-state index contributed by atoms with van der Waals surface area (Å²) >= 11 is 5.76. The first-order valence-electron chi connectivity index (χ1n) is 5.07. The number of alkyl halides is 2. The standard InChI is InChI=1S/C11H10ClF2N3O/c12-8-5-16-17(10(8)15)6-7-3-1-2-4-9(7)18-11(13)14/h1-5,11H,6,15H2. The molecule has 0 saturated heterocycles. The largest absolute Gasteiger partial charge is 0.434 e. The Kier molecular flexibility index (Phi) is 3.66.